The molecular weight excluding hydrogens is 416 g/mol. The third-order valence-corrected chi connectivity index (χ3v) is 11.2. The molecule has 1 aromatic rings. The Morgan fingerprint density at radius 1 is 1.22 bits per heavy atom. The maximum absolute atomic E-state index is 13.4. The number of ether oxygens (including phenoxy) is 1. The zero-order valence-electron chi connectivity index (χ0n) is 19.6. The van der Waals surface area contributed by atoms with E-state index in [0.717, 1.165) is 37.0 Å². The van der Waals surface area contributed by atoms with Gasteiger partial charge in [-0.15, -0.1) is 18.3 Å². The van der Waals surface area contributed by atoms with Gasteiger partial charge in [0.05, 0.1) is 5.75 Å². The van der Waals surface area contributed by atoms with Crippen molar-refractivity contribution in [2.75, 3.05) is 5.75 Å². The molecule has 0 aromatic heterocycles. The van der Waals surface area contributed by atoms with E-state index in [1.807, 2.05) is 30.3 Å². The summed E-state index contributed by atoms with van der Waals surface area (Å²) in [6, 6.07) is 10.00. The predicted molar refractivity (Wildman–Crippen MR) is 128 cm³/mol. The maximum Gasteiger partial charge on any atom is 0.316 e. The highest BCUT2D eigenvalue weighted by Crippen LogP contribution is 2.74. The van der Waals surface area contributed by atoms with Crippen molar-refractivity contribution in [1.29, 1.82) is 0 Å². The van der Waals surface area contributed by atoms with Crippen LogP contribution in [0.25, 0.3) is 0 Å². The van der Waals surface area contributed by atoms with Gasteiger partial charge in [-0.25, -0.2) is 0 Å². The highest BCUT2D eigenvalue weighted by molar-refractivity contribution is 8.00. The number of benzene rings is 1. The molecule has 0 saturated heterocycles. The van der Waals surface area contributed by atoms with Crippen LogP contribution >= 0.6 is 11.8 Å². The van der Waals surface area contributed by atoms with E-state index in [4.69, 9.17) is 4.74 Å². The van der Waals surface area contributed by atoms with Crippen molar-refractivity contribution in [2.45, 2.75) is 70.3 Å². The molecule has 3 unspecified atom stereocenters. The van der Waals surface area contributed by atoms with E-state index >= 15 is 0 Å². The number of hydrogen-bond donors (Lipinski definition) is 0. The van der Waals surface area contributed by atoms with Crippen molar-refractivity contribution in [3.63, 3.8) is 0 Å². The lowest BCUT2D eigenvalue weighted by Crippen LogP contribution is -2.59. The number of hydrogen-bond acceptors (Lipinski definition) is 4. The molecule has 4 fully saturated rings. The summed E-state index contributed by atoms with van der Waals surface area (Å²) in [6.45, 7) is 11.2. The smallest absolute Gasteiger partial charge is 0.316 e. The minimum atomic E-state index is -0.309. The van der Waals surface area contributed by atoms with Crippen LogP contribution in [0.3, 0.4) is 0 Å². The molecule has 0 N–H and O–H groups in total. The van der Waals surface area contributed by atoms with Gasteiger partial charge in [0, 0.05) is 22.6 Å². The van der Waals surface area contributed by atoms with Crippen molar-refractivity contribution in [1.82, 2.24) is 0 Å². The molecule has 4 aliphatic rings. The van der Waals surface area contributed by atoms with Gasteiger partial charge in [-0.1, -0.05) is 45.0 Å². The first kappa shape index (κ1) is 22.3. The Morgan fingerprint density at radius 2 is 1.97 bits per heavy atom. The summed E-state index contributed by atoms with van der Waals surface area (Å²) >= 11 is 1.52. The van der Waals surface area contributed by atoms with Gasteiger partial charge in [-0.2, -0.15) is 0 Å². The summed E-state index contributed by atoms with van der Waals surface area (Å²) in [6.07, 6.45) is 7.80. The van der Waals surface area contributed by atoms with E-state index in [2.05, 4.69) is 33.4 Å². The maximum atomic E-state index is 13.4. The molecule has 3 nitrogen and oxygen atoms in total. The number of Topliss-reactive ketones (excluding diaryl/α,β-unsaturated/α-hetero) is 1. The number of rotatable bonds is 5. The average molecular weight is 453 g/mol. The summed E-state index contributed by atoms with van der Waals surface area (Å²) in [7, 11) is 0. The lowest BCUT2D eigenvalue weighted by atomic mass is 9.45. The van der Waals surface area contributed by atoms with Gasteiger partial charge in [-0.3, -0.25) is 9.59 Å². The van der Waals surface area contributed by atoms with Gasteiger partial charge in [0.1, 0.15) is 11.9 Å². The van der Waals surface area contributed by atoms with Crippen LogP contribution in [0.4, 0.5) is 0 Å². The number of esters is 1. The lowest BCUT2D eigenvalue weighted by Gasteiger charge is -2.59. The molecule has 5 rings (SSSR count). The van der Waals surface area contributed by atoms with Crippen LogP contribution in [0.2, 0.25) is 0 Å². The average Bonchev–Trinajstić information content (AvgIpc) is 3.40. The molecule has 4 saturated carbocycles. The van der Waals surface area contributed by atoms with Crippen molar-refractivity contribution in [2.24, 2.45) is 39.9 Å². The minimum Gasteiger partial charge on any atom is -0.461 e. The molecule has 0 radical (unpaired) electrons. The van der Waals surface area contributed by atoms with Gasteiger partial charge >= 0.3 is 5.97 Å². The number of thioether (sulfide) groups is 1. The normalized spacial score (nSPS) is 44.6. The van der Waals surface area contributed by atoms with E-state index in [1.54, 1.807) is 0 Å². The van der Waals surface area contributed by atoms with Gasteiger partial charge < -0.3 is 4.74 Å². The summed E-state index contributed by atoms with van der Waals surface area (Å²) in [5.41, 5.74) is -0.187. The van der Waals surface area contributed by atoms with Crippen LogP contribution in [0.15, 0.2) is 47.9 Å². The summed E-state index contributed by atoms with van der Waals surface area (Å²) in [4.78, 5) is 27.6. The molecule has 2 bridgehead atoms. The molecule has 0 heterocycles. The second kappa shape index (κ2) is 7.75. The van der Waals surface area contributed by atoms with Crippen LogP contribution < -0.4 is 0 Å². The number of ketones is 1. The zero-order valence-corrected chi connectivity index (χ0v) is 20.5. The summed E-state index contributed by atoms with van der Waals surface area (Å²) in [5, 5.41) is 0. The van der Waals surface area contributed by atoms with Crippen LogP contribution in [0.5, 0.6) is 0 Å². The Balaban J connectivity index is 1.47. The second-order valence-corrected chi connectivity index (χ2v) is 12.3. The van der Waals surface area contributed by atoms with E-state index < -0.39 is 0 Å². The summed E-state index contributed by atoms with van der Waals surface area (Å²) in [5.74, 6) is 2.00. The van der Waals surface area contributed by atoms with Crippen LogP contribution in [0.1, 0.15) is 59.3 Å². The van der Waals surface area contributed by atoms with Crippen LogP contribution in [0, 0.1) is 39.9 Å². The van der Waals surface area contributed by atoms with Gasteiger partial charge in [0.25, 0.3) is 0 Å². The van der Waals surface area contributed by atoms with Crippen molar-refractivity contribution >= 4 is 23.5 Å². The summed E-state index contributed by atoms with van der Waals surface area (Å²) < 4.78 is 6.36. The Labute approximate surface area is 196 Å². The molecule has 4 heteroatoms. The number of allylic oxidation sites excluding steroid dienone is 1. The molecule has 172 valence electrons. The SMILES string of the molecule is C=C[C@@]12C[C@H]1[C@H](C)C13CCC(=O)C1[C@@](C)(C(C)CC3)[C@H](OC(=O)CSc1ccccc1)C2. The molecule has 32 heavy (non-hydrogen) atoms. The van der Waals surface area contributed by atoms with E-state index in [0.29, 0.717) is 35.7 Å². The molecule has 0 amide bonds. The Hall–Kier alpha value is -1.55. The molecular formula is C28H36O3S. The Bertz CT molecular complexity index is 928. The highest BCUT2D eigenvalue weighted by atomic mass is 32.2. The first-order valence-corrected chi connectivity index (χ1v) is 13.3. The quantitative estimate of drug-likeness (QED) is 0.298. The lowest BCUT2D eigenvalue weighted by molar-refractivity contribution is -0.186. The van der Waals surface area contributed by atoms with Crippen molar-refractivity contribution < 1.29 is 14.3 Å². The van der Waals surface area contributed by atoms with Gasteiger partial charge in [0.2, 0.25) is 0 Å². The fraction of sp³-hybridized carbons (Fsp3) is 0.643. The number of carbonyl (C=O) groups is 2. The van der Waals surface area contributed by atoms with E-state index in [9.17, 15) is 9.59 Å². The van der Waals surface area contributed by atoms with E-state index in [-0.39, 0.29) is 34.2 Å². The number of carbonyl (C=O) groups excluding carboxylic acids is 2. The van der Waals surface area contributed by atoms with Gasteiger partial charge in [0.15, 0.2) is 0 Å². The standard InChI is InChI=1S/C28H36O3S/c1-5-27-15-21(27)19(3)28-13-11-18(2)26(4,25(28)22(29)12-14-28)23(16-27)31-24(30)17-32-20-9-7-6-8-10-20/h5-10,18-19,21,23,25H,1,11-17H2,2-4H3/t18?,19-,21-,23+,25?,26-,27-,28?/m0/s1. The third-order valence-electron chi connectivity index (χ3n) is 10.2. The molecule has 8 atom stereocenters. The van der Waals surface area contributed by atoms with E-state index in [1.165, 1.54) is 11.8 Å². The fourth-order valence-corrected chi connectivity index (χ4v) is 8.77. The first-order chi connectivity index (χ1) is 15.3. The molecule has 0 spiro atoms. The predicted octanol–water partition coefficient (Wildman–Crippen LogP) is 6.32. The number of fused-ring (bicyclic) bond motifs is 1. The van der Waals surface area contributed by atoms with Gasteiger partial charge in [-0.05, 0) is 72.8 Å². The topological polar surface area (TPSA) is 43.4 Å². The Morgan fingerprint density at radius 3 is 2.69 bits per heavy atom. The molecule has 0 aliphatic heterocycles. The zero-order chi connectivity index (χ0) is 22.7. The highest BCUT2D eigenvalue weighted by Gasteiger charge is 2.72. The molecule has 4 aliphatic carbocycles. The molecule has 1 aromatic carbocycles. The van der Waals surface area contributed by atoms with Crippen LogP contribution in [-0.4, -0.2) is 23.6 Å². The van der Waals surface area contributed by atoms with Crippen molar-refractivity contribution in [3.8, 4) is 0 Å². The second-order valence-electron chi connectivity index (χ2n) is 11.3. The third kappa shape index (κ3) is 3.15. The first-order valence-electron chi connectivity index (χ1n) is 12.3. The monoisotopic (exact) mass is 452 g/mol. The van der Waals surface area contributed by atoms with Crippen LogP contribution in [-0.2, 0) is 14.3 Å². The fourth-order valence-electron chi connectivity index (χ4n) is 8.07. The minimum absolute atomic E-state index is 0.0109. The Kier molecular flexibility index (Phi) is 5.39. The van der Waals surface area contributed by atoms with Crippen molar-refractivity contribution in [3.05, 3.63) is 43.0 Å². The largest absolute Gasteiger partial charge is 0.461 e.